The molecule has 14 nitrogen and oxygen atoms in total. The third-order valence-corrected chi connectivity index (χ3v) is 12.2. The van der Waals surface area contributed by atoms with Crippen molar-refractivity contribution < 1.29 is 28.7 Å². The molecule has 0 bridgehead atoms. The quantitative estimate of drug-likeness (QED) is 0.113. The number of aromatic nitrogens is 4. The molecular weight excluding hydrogens is 773 g/mol. The zero-order chi connectivity index (χ0) is 42.4. The van der Waals surface area contributed by atoms with Crippen LogP contribution in [-0.2, 0) is 19.1 Å². The van der Waals surface area contributed by atoms with Gasteiger partial charge in [-0.05, 0) is 83.3 Å². The van der Waals surface area contributed by atoms with Crippen LogP contribution >= 0.6 is 0 Å². The number of methoxy groups -OCH3 is 2. The van der Waals surface area contributed by atoms with Crippen molar-refractivity contribution in [2.75, 3.05) is 27.3 Å². The smallest absolute Gasteiger partial charge is 0.407 e. The molecule has 7 aromatic rings. The van der Waals surface area contributed by atoms with Crippen molar-refractivity contribution in [3.63, 3.8) is 0 Å². The number of ether oxygens (including phenoxy) is 2. The second-order valence-corrected chi connectivity index (χ2v) is 16.3. The van der Waals surface area contributed by atoms with Gasteiger partial charge in [0.25, 0.3) is 5.91 Å². The summed E-state index contributed by atoms with van der Waals surface area (Å²) in [6.45, 7) is 4.95. The first kappa shape index (κ1) is 39.5. The molecule has 4 amide bonds. The molecule has 61 heavy (non-hydrogen) atoms. The highest BCUT2D eigenvalue weighted by atomic mass is 16.5. The van der Waals surface area contributed by atoms with E-state index >= 15 is 0 Å². The van der Waals surface area contributed by atoms with Gasteiger partial charge in [0.1, 0.15) is 23.7 Å². The van der Waals surface area contributed by atoms with Gasteiger partial charge < -0.3 is 39.9 Å². The number of amides is 4. The number of nitrogens with zero attached hydrogens (tertiary/aromatic N) is 4. The maximum atomic E-state index is 14.1. The number of alkyl carbamates (subject to hydrolysis) is 2. The van der Waals surface area contributed by atoms with Crippen molar-refractivity contribution >= 4 is 67.6 Å². The fraction of sp³-hybridized carbons (Fsp3) is 0.319. The molecule has 1 unspecified atom stereocenters. The minimum absolute atomic E-state index is 0.117. The topological polar surface area (TPSA) is 175 Å². The molecular formula is C47H48N8O6. The number of carbonyl (C=O) groups excluding carboxylic acids is 4. The predicted molar refractivity (Wildman–Crippen MR) is 232 cm³/mol. The summed E-state index contributed by atoms with van der Waals surface area (Å²) >= 11 is 0. The second kappa shape index (κ2) is 16.2. The van der Waals surface area contributed by atoms with E-state index in [2.05, 4.69) is 69.1 Å². The second-order valence-electron chi connectivity index (χ2n) is 16.3. The van der Waals surface area contributed by atoms with E-state index in [4.69, 9.17) is 19.4 Å². The zero-order valence-electron chi connectivity index (χ0n) is 34.5. The highest BCUT2D eigenvalue weighted by molar-refractivity contribution is 6.07. The van der Waals surface area contributed by atoms with Crippen molar-refractivity contribution in [2.45, 2.75) is 63.7 Å². The standard InChI is InChI=1S/C47H48N8O6/c1-26(2)38(52-46(58)60-3)44(56)54-22-8-12-36(54)42-48-34-20-16-30-24-28(14-18-32(30)40(34)50-42)29-15-19-33-31(25-29)17-21-35-41(33)51-43(49-35)37-13-9-23-55(37)45(57)39(53-47(59)61-4)27-10-6-5-7-11-27/h5-7,10-11,14-21,24-26,36-39H,8-9,12-13,22-23H2,1-4H3,(H,48,50)(H,49,51)(H,52,58)(H,53,59)/t36-,37-,38?,39+/m0/s1. The summed E-state index contributed by atoms with van der Waals surface area (Å²) in [5, 5.41) is 9.55. The SMILES string of the molecule is COC(=O)NC(C(=O)N1CCC[C@H]1c1nc2c(ccc3cc(-c4ccc5c(ccc6[nH]c([C@@H]7CCCN7C(=O)[C@H](NC(=O)OC)c7ccccc7)nc65)c4)ccc32)[nH]1)C(C)C. The normalized spacial score (nSPS) is 17.7. The summed E-state index contributed by atoms with van der Waals surface area (Å²) in [6, 6.07) is 28.2. The van der Waals surface area contributed by atoms with E-state index in [-0.39, 0.29) is 29.8 Å². The van der Waals surface area contributed by atoms with Crippen molar-refractivity contribution in [2.24, 2.45) is 5.92 Å². The van der Waals surface area contributed by atoms with E-state index < -0.39 is 24.3 Å². The lowest BCUT2D eigenvalue weighted by Crippen LogP contribution is -2.51. The van der Waals surface area contributed by atoms with Crippen LogP contribution in [0.3, 0.4) is 0 Å². The maximum absolute atomic E-state index is 14.1. The molecule has 4 N–H and O–H groups in total. The number of benzene rings is 5. The Morgan fingerprint density at radius 1 is 0.656 bits per heavy atom. The summed E-state index contributed by atoms with van der Waals surface area (Å²) in [4.78, 5) is 73.0. The lowest BCUT2D eigenvalue weighted by molar-refractivity contribution is -0.135. The zero-order valence-corrected chi connectivity index (χ0v) is 34.5. The van der Waals surface area contributed by atoms with Gasteiger partial charge in [0, 0.05) is 23.9 Å². The summed E-state index contributed by atoms with van der Waals surface area (Å²) in [5.74, 6) is 0.982. The monoisotopic (exact) mass is 820 g/mol. The Labute approximate surface area is 352 Å². The van der Waals surface area contributed by atoms with Crippen molar-refractivity contribution in [1.82, 2.24) is 40.4 Å². The van der Waals surface area contributed by atoms with E-state index in [0.717, 1.165) is 86.2 Å². The van der Waals surface area contributed by atoms with Crippen molar-refractivity contribution in [3.05, 3.63) is 108 Å². The van der Waals surface area contributed by atoms with Crippen LogP contribution in [0.1, 0.15) is 74.9 Å². The molecule has 0 radical (unpaired) electrons. The molecule has 5 aromatic carbocycles. The van der Waals surface area contributed by atoms with Crippen LogP contribution in [-0.4, -0.2) is 87.1 Å². The van der Waals surface area contributed by atoms with Crippen molar-refractivity contribution in [3.8, 4) is 11.1 Å². The molecule has 4 atom stereocenters. The Kier molecular flexibility index (Phi) is 10.5. The minimum atomic E-state index is -0.891. The van der Waals surface area contributed by atoms with Crippen LogP contribution in [0, 0.1) is 5.92 Å². The molecule has 2 aromatic heterocycles. The lowest BCUT2D eigenvalue weighted by atomic mass is 9.98. The van der Waals surface area contributed by atoms with E-state index in [1.54, 1.807) is 0 Å². The third kappa shape index (κ3) is 7.36. The van der Waals surface area contributed by atoms with Gasteiger partial charge in [-0.25, -0.2) is 19.6 Å². The molecule has 2 aliphatic heterocycles. The average Bonchev–Trinajstić information content (AvgIpc) is 4.12. The van der Waals surface area contributed by atoms with Crippen molar-refractivity contribution in [1.29, 1.82) is 0 Å². The maximum Gasteiger partial charge on any atom is 0.407 e. The minimum Gasteiger partial charge on any atom is -0.453 e. The Hall–Kier alpha value is -6.96. The first-order valence-electron chi connectivity index (χ1n) is 20.8. The van der Waals surface area contributed by atoms with E-state index in [1.165, 1.54) is 14.2 Å². The molecule has 0 aliphatic carbocycles. The summed E-state index contributed by atoms with van der Waals surface area (Å²) in [5.41, 5.74) is 6.27. The van der Waals surface area contributed by atoms with Crippen LogP contribution in [0.5, 0.6) is 0 Å². The van der Waals surface area contributed by atoms with Gasteiger partial charge in [0.2, 0.25) is 5.91 Å². The third-order valence-electron chi connectivity index (χ3n) is 12.2. The molecule has 9 rings (SSSR count). The Morgan fingerprint density at radius 3 is 1.67 bits per heavy atom. The van der Waals surface area contributed by atoms with Crippen LogP contribution in [0.4, 0.5) is 9.59 Å². The molecule has 312 valence electrons. The van der Waals surface area contributed by atoms with Gasteiger partial charge in [0.05, 0.1) is 48.4 Å². The summed E-state index contributed by atoms with van der Waals surface area (Å²) in [7, 11) is 2.58. The van der Waals surface area contributed by atoms with Gasteiger partial charge in [0.15, 0.2) is 0 Å². The lowest BCUT2D eigenvalue weighted by Gasteiger charge is -2.29. The van der Waals surface area contributed by atoms with E-state index in [9.17, 15) is 19.2 Å². The predicted octanol–water partition coefficient (Wildman–Crippen LogP) is 8.22. The summed E-state index contributed by atoms with van der Waals surface area (Å²) < 4.78 is 9.65. The number of fused-ring (bicyclic) bond motifs is 6. The molecule has 0 saturated carbocycles. The number of nitrogens with one attached hydrogen (secondary N) is 4. The largest absolute Gasteiger partial charge is 0.453 e. The molecule has 2 fully saturated rings. The number of hydrogen-bond donors (Lipinski definition) is 4. The van der Waals surface area contributed by atoms with Crippen LogP contribution in [0.2, 0.25) is 0 Å². The molecule has 14 heteroatoms. The highest BCUT2D eigenvalue weighted by Crippen LogP contribution is 2.38. The van der Waals surface area contributed by atoms with Gasteiger partial charge in [-0.1, -0.05) is 80.6 Å². The molecule has 2 saturated heterocycles. The van der Waals surface area contributed by atoms with E-state index in [0.29, 0.717) is 24.5 Å². The number of carbonyl (C=O) groups is 4. The number of likely N-dealkylation sites (tertiary alicyclic amines) is 2. The van der Waals surface area contributed by atoms with Crippen LogP contribution in [0.15, 0.2) is 91.0 Å². The van der Waals surface area contributed by atoms with Gasteiger partial charge in [-0.15, -0.1) is 0 Å². The number of imidazole rings is 2. The number of H-pyrrole nitrogens is 2. The Morgan fingerprint density at radius 2 is 1.16 bits per heavy atom. The van der Waals surface area contributed by atoms with Crippen LogP contribution < -0.4 is 10.6 Å². The van der Waals surface area contributed by atoms with E-state index in [1.807, 2.05) is 66.1 Å². The first-order valence-corrected chi connectivity index (χ1v) is 20.8. The number of aromatic amines is 2. The average molecular weight is 821 g/mol. The number of rotatable bonds is 9. The Bertz CT molecular complexity index is 2820. The van der Waals surface area contributed by atoms with Gasteiger partial charge in [-0.2, -0.15) is 0 Å². The van der Waals surface area contributed by atoms with Gasteiger partial charge >= 0.3 is 12.2 Å². The Balaban J connectivity index is 0.972. The number of hydrogen-bond acceptors (Lipinski definition) is 8. The molecule has 4 heterocycles. The first-order chi connectivity index (χ1) is 29.6. The molecule has 0 spiro atoms. The fourth-order valence-corrected chi connectivity index (χ4v) is 9.10. The van der Waals surface area contributed by atoms with Gasteiger partial charge in [-0.3, -0.25) is 9.59 Å². The highest BCUT2D eigenvalue weighted by Gasteiger charge is 2.39. The fourth-order valence-electron chi connectivity index (χ4n) is 9.10. The summed E-state index contributed by atoms with van der Waals surface area (Å²) in [6.07, 6.45) is 1.87. The van der Waals surface area contributed by atoms with Crippen LogP contribution in [0.25, 0.3) is 54.7 Å². The molecule has 2 aliphatic rings.